The number of aryl methyl sites for hydroxylation is 2. The highest BCUT2D eigenvalue weighted by molar-refractivity contribution is 6.31. The molecule has 1 aromatic carbocycles. The van der Waals surface area contributed by atoms with Crippen molar-refractivity contribution in [1.82, 2.24) is 9.55 Å². The number of anilines is 1. The van der Waals surface area contributed by atoms with Gasteiger partial charge in [-0.05, 0) is 31.0 Å². The lowest BCUT2D eigenvalue weighted by Crippen LogP contribution is -2.23. The highest BCUT2D eigenvalue weighted by atomic mass is 35.5. The van der Waals surface area contributed by atoms with Gasteiger partial charge in [0.2, 0.25) is 0 Å². The quantitative estimate of drug-likeness (QED) is 0.858. The zero-order valence-corrected chi connectivity index (χ0v) is 12.7. The molecule has 0 amide bonds. The van der Waals surface area contributed by atoms with Crippen LogP contribution in [0, 0.1) is 6.92 Å². The Bertz CT molecular complexity index is 565. The second-order valence-corrected chi connectivity index (χ2v) is 5.32. The minimum absolute atomic E-state index is 0.0304. The molecule has 1 aromatic heterocycles. The van der Waals surface area contributed by atoms with Gasteiger partial charge in [-0.3, -0.25) is 0 Å². The summed E-state index contributed by atoms with van der Waals surface area (Å²) in [5, 5.41) is 4.18. The fraction of sp³-hybridized carbons (Fsp3) is 0.400. The summed E-state index contributed by atoms with van der Waals surface area (Å²) in [7, 11) is 0. The van der Waals surface area contributed by atoms with Crippen molar-refractivity contribution >= 4 is 17.3 Å². The molecule has 1 unspecified atom stereocenters. The zero-order chi connectivity index (χ0) is 14.5. The van der Waals surface area contributed by atoms with Gasteiger partial charge in [0.15, 0.2) is 0 Å². The Morgan fingerprint density at radius 3 is 2.90 bits per heavy atom. The molecule has 5 heteroatoms. The fourth-order valence-corrected chi connectivity index (χ4v) is 2.37. The summed E-state index contributed by atoms with van der Waals surface area (Å²) in [4.78, 5) is 4.22. The number of imidazole rings is 1. The van der Waals surface area contributed by atoms with Crippen LogP contribution in [0.25, 0.3) is 0 Å². The maximum Gasteiger partial charge on any atom is 0.0948 e. The third-order valence-corrected chi connectivity index (χ3v) is 3.72. The van der Waals surface area contributed by atoms with E-state index in [-0.39, 0.29) is 6.04 Å². The van der Waals surface area contributed by atoms with Gasteiger partial charge in [-0.2, -0.15) is 0 Å². The first-order chi connectivity index (χ1) is 9.65. The SMILES string of the molecule is CCCn1cncc1C(CN)Nc1ccc(C)c(Cl)c1. The first-order valence-electron chi connectivity index (χ1n) is 6.88. The monoisotopic (exact) mass is 292 g/mol. The highest BCUT2D eigenvalue weighted by Gasteiger charge is 2.14. The normalized spacial score (nSPS) is 12.4. The number of nitrogens with two attached hydrogens (primary N) is 1. The summed E-state index contributed by atoms with van der Waals surface area (Å²) in [5.41, 5.74) is 9.05. The highest BCUT2D eigenvalue weighted by Crippen LogP contribution is 2.24. The number of benzene rings is 1. The van der Waals surface area contributed by atoms with E-state index in [1.54, 1.807) is 0 Å². The molecule has 0 aliphatic carbocycles. The van der Waals surface area contributed by atoms with Gasteiger partial charge in [0.1, 0.15) is 0 Å². The molecule has 2 rings (SSSR count). The van der Waals surface area contributed by atoms with E-state index in [0.29, 0.717) is 6.54 Å². The van der Waals surface area contributed by atoms with Gasteiger partial charge in [-0.25, -0.2) is 4.98 Å². The van der Waals surface area contributed by atoms with E-state index in [2.05, 4.69) is 21.8 Å². The summed E-state index contributed by atoms with van der Waals surface area (Å²) in [6.07, 6.45) is 4.79. The second-order valence-electron chi connectivity index (χ2n) is 4.91. The Balaban J connectivity index is 2.19. The van der Waals surface area contributed by atoms with Crippen LogP contribution in [-0.4, -0.2) is 16.1 Å². The van der Waals surface area contributed by atoms with Crippen LogP contribution in [0.4, 0.5) is 5.69 Å². The molecule has 108 valence electrons. The largest absolute Gasteiger partial charge is 0.375 e. The molecule has 20 heavy (non-hydrogen) atoms. The maximum absolute atomic E-state index is 6.16. The molecule has 3 N–H and O–H groups in total. The minimum Gasteiger partial charge on any atom is -0.375 e. The molecular formula is C15H21ClN4. The van der Waals surface area contributed by atoms with Crippen LogP contribution >= 0.6 is 11.6 Å². The smallest absolute Gasteiger partial charge is 0.0948 e. The predicted molar refractivity (Wildman–Crippen MR) is 84.1 cm³/mol. The molecule has 0 bridgehead atoms. The molecule has 0 saturated carbocycles. The van der Waals surface area contributed by atoms with E-state index in [1.807, 2.05) is 37.6 Å². The lowest BCUT2D eigenvalue weighted by Gasteiger charge is -2.20. The molecule has 0 spiro atoms. The standard InChI is InChI=1S/C15H21ClN4/c1-3-6-20-10-18-9-15(20)14(8-17)19-12-5-4-11(2)13(16)7-12/h4-5,7,9-10,14,19H,3,6,8,17H2,1-2H3. The van der Waals surface area contributed by atoms with Gasteiger partial charge in [0, 0.05) is 23.8 Å². The van der Waals surface area contributed by atoms with Gasteiger partial charge in [0.05, 0.1) is 24.3 Å². The summed E-state index contributed by atoms with van der Waals surface area (Å²) < 4.78 is 2.14. The number of hydrogen-bond acceptors (Lipinski definition) is 3. The molecule has 0 saturated heterocycles. The summed E-state index contributed by atoms with van der Waals surface area (Å²) in [6.45, 7) is 5.58. The maximum atomic E-state index is 6.16. The molecule has 0 fully saturated rings. The van der Waals surface area contributed by atoms with Crippen molar-refractivity contribution in [2.24, 2.45) is 5.73 Å². The third-order valence-electron chi connectivity index (χ3n) is 3.31. The second kappa shape index (κ2) is 6.77. The molecule has 1 atom stereocenters. The topological polar surface area (TPSA) is 55.9 Å². The predicted octanol–water partition coefficient (Wildman–Crippen LogP) is 3.37. The van der Waals surface area contributed by atoms with Crippen LogP contribution in [0.5, 0.6) is 0 Å². The van der Waals surface area contributed by atoms with E-state index >= 15 is 0 Å². The molecule has 0 radical (unpaired) electrons. The number of hydrogen-bond donors (Lipinski definition) is 2. The van der Waals surface area contributed by atoms with E-state index in [4.69, 9.17) is 17.3 Å². The van der Waals surface area contributed by atoms with Crippen molar-refractivity contribution in [1.29, 1.82) is 0 Å². The van der Waals surface area contributed by atoms with Crippen LogP contribution in [0.15, 0.2) is 30.7 Å². The van der Waals surface area contributed by atoms with E-state index < -0.39 is 0 Å². The Morgan fingerprint density at radius 1 is 1.45 bits per heavy atom. The van der Waals surface area contributed by atoms with Crippen LogP contribution in [0.3, 0.4) is 0 Å². The summed E-state index contributed by atoms with van der Waals surface area (Å²) in [6, 6.07) is 5.98. The minimum atomic E-state index is 0.0304. The Morgan fingerprint density at radius 2 is 2.25 bits per heavy atom. The molecule has 4 nitrogen and oxygen atoms in total. The van der Waals surface area contributed by atoms with Crippen molar-refractivity contribution in [3.8, 4) is 0 Å². The molecular weight excluding hydrogens is 272 g/mol. The molecule has 2 aromatic rings. The lowest BCUT2D eigenvalue weighted by molar-refractivity contribution is 0.613. The van der Waals surface area contributed by atoms with Crippen molar-refractivity contribution in [2.45, 2.75) is 32.9 Å². The number of aromatic nitrogens is 2. The molecule has 0 aliphatic heterocycles. The lowest BCUT2D eigenvalue weighted by atomic mass is 10.1. The number of halogens is 1. The van der Waals surface area contributed by atoms with E-state index in [1.165, 1.54) is 0 Å². The van der Waals surface area contributed by atoms with E-state index in [0.717, 1.165) is 34.9 Å². The Kier molecular flexibility index (Phi) is 5.04. The van der Waals surface area contributed by atoms with E-state index in [9.17, 15) is 0 Å². The Labute approximate surface area is 125 Å². The zero-order valence-electron chi connectivity index (χ0n) is 11.9. The van der Waals surface area contributed by atoms with Crippen LogP contribution in [-0.2, 0) is 6.54 Å². The average Bonchev–Trinajstić information content (AvgIpc) is 2.88. The van der Waals surface area contributed by atoms with Gasteiger partial charge >= 0.3 is 0 Å². The number of nitrogens with zero attached hydrogens (tertiary/aromatic N) is 2. The first-order valence-corrected chi connectivity index (χ1v) is 7.26. The van der Waals surface area contributed by atoms with Crippen LogP contribution in [0.1, 0.15) is 30.6 Å². The van der Waals surface area contributed by atoms with Crippen molar-refractivity contribution in [3.63, 3.8) is 0 Å². The van der Waals surface area contributed by atoms with Crippen molar-refractivity contribution in [2.75, 3.05) is 11.9 Å². The summed E-state index contributed by atoms with van der Waals surface area (Å²) >= 11 is 6.16. The third kappa shape index (κ3) is 3.32. The Hall–Kier alpha value is -1.52. The van der Waals surface area contributed by atoms with Crippen molar-refractivity contribution < 1.29 is 0 Å². The summed E-state index contributed by atoms with van der Waals surface area (Å²) in [5.74, 6) is 0. The van der Waals surface area contributed by atoms with Gasteiger partial charge in [-0.1, -0.05) is 24.6 Å². The van der Waals surface area contributed by atoms with Crippen LogP contribution < -0.4 is 11.1 Å². The van der Waals surface area contributed by atoms with Gasteiger partial charge in [-0.15, -0.1) is 0 Å². The van der Waals surface area contributed by atoms with Gasteiger partial charge < -0.3 is 15.6 Å². The van der Waals surface area contributed by atoms with Gasteiger partial charge in [0.25, 0.3) is 0 Å². The van der Waals surface area contributed by atoms with Crippen LogP contribution in [0.2, 0.25) is 5.02 Å². The average molecular weight is 293 g/mol. The number of nitrogens with one attached hydrogen (secondary N) is 1. The van der Waals surface area contributed by atoms with Crippen molar-refractivity contribution in [3.05, 3.63) is 47.0 Å². The number of rotatable bonds is 6. The molecule has 1 heterocycles. The first kappa shape index (κ1) is 14.9. The molecule has 0 aliphatic rings. The fourth-order valence-electron chi connectivity index (χ4n) is 2.19.